The first-order chi connectivity index (χ1) is 37.2. The van der Waals surface area contributed by atoms with Crippen LogP contribution in [0.5, 0.6) is 0 Å². The third kappa shape index (κ3) is 23.8. The van der Waals surface area contributed by atoms with E-state index in [0.29, 0.717) is 95.4 Å². The van der Waals surface area contributed by atoms with E-state index < -0.39 is 30.1 Å². The van der Waals surface area contributed by atoms with Gasteiger partial charge in [0.25, 0.3) is 0 Å². The number of aliphatic hydroxyl groups excluding tert-OH is 4. The molecular weight excluding hydrogens is 1100 g/mol. The number of allylic oxidation sites excluding steroid dienone is 1. The normalized spacial score (nSPS) is 11.4. The number of hydrogen-bond acceptors (Lipinski definition) is 10. The van der Waals surface area contributed by atoms with Crippen molar-refractivity contribution in [3.63, 3.8) is 0 Å². The van der Waals surface area contributed by atoms with Crippen molar-refractivity contribution in [2.75, 3.05) is 64.5 Å². The summed E-state index contributed by atoms with van der Waals surface area (Å²) in [6.45, 7) is 9.32. The molecule has 0 aliphatic rings. The van der Waals surface area contributed by atoms with Crippen LogP contribution >= 0.6 is 15.9 Å². The van der Waals surface area contributed by atoms with Crippen molar-refractivity contribution < 1.29 is 45.7 Å². The molecule has 0 amide bonds. The minimum atomic E-state index is -3.59. The van der Waals surface area contributed by atoms with Gasteiger partial charge in [-0.15, -0.1) is 13.2 Å². The Labute approximate surface area is 468 Å². The van der Waals surface area contributed by atoms with Crippen LogP contribution in [0.2, 0.25) is 0 Å². The molecule has 6 aromatic carbocycles. The van der Waals surface area contributed by atoms with Gasteiger partial charge >= 0.3 is 0 Å². The van der Waals surface area contributed by atoms with Crippen molar-refractivity contribution >= 4 is 46.0 Å². The van der Waals surface area contributed by atoms with E-state index in [1.807, 2.05) is 121 Å². The average molecular weight is 1180 g/mol. The largest absolute Gasteiger partial charge is 0.396 e. The van der Waals surface area contributed by atoms with Gasteiger partial charge in [0, 0.05) is 64.5 Å². The molecule has 5 N–H and O–H groups in total. The number of nitrogens with one attached hydrogen (secondary N) is 1. The van der Waals surface area contributed by atoms with Gasteiger partial charge in [0.05, 0.1) is 14.7 Å². The summed E-state index contributed by atoms with van der Waals surface area (Å²) >= 11 is 3.24. The van der Waals surface area contributed by atoms with Gasteiger partial charge in [-0.05, 0) is 134 Å². The predicted octanol–water partition coefficient (Wildman–Crippen LogP) is 10.9. The Morgan fingerprint density at radius 3 is 0.987 bits per heavy atom. The van der Waals surface area contributed by atoms with E-state index >= 15 is 0 Å². The van der Waals surface area contributed by atoms with Crippen LogP contribution in [-0.4, -0.2) is 119 Å². The molecular formula is C60H78BrN3O10S3. The van der Waals surface area contributed by atoms with Gasteiger partial charge in [-0.1, -0.05) is 155 Å². The summed E-state index contributed by atoms with van der Waals surface area (Å²) < 4.78 is 81.4. The quantitative estimate of drug-likeness (QED) is 0.0164. The second kappa shape index (κ2) is 37.6. The van der Waals surface area contributed by atoms with Crippen LogP contribution in [0, 0.1) is 0 Å². The number of benzene rings is 6. The maximum absolute atomic E-state index is 13.0. The highest BCUT2D eigenvalue weighted by atomic mass is 79.9. The molecule has 0 saturated heterocycles. The second-order valence-corrected chi connectivity index (χ2v) is 23.9. The summed E-state index contributed by atoms with van der Waals surface area (Å²) in [7, 11) is -10.6. The molecule has 6 aromatic rings. The first-order valence-electron chi connectivity index (χ1n) is 25.9. The number of halogens is 1. The number of hydrogen-bond donors (Lipinski definition) is 5. The fraction of sp³-hybridized carbons (Fsp3) is 0.333. The Bertz CT molecular complexity index is 2860. The van der Waals surface area contributed by atoms with Crippen LogP contribution in [0.3, 0.4) is 0 Å². The highest BCUT2D eigenvalue weighted by Crippen LogP contribution is 2.26. The molecule has 17 heteroatoms. The standard InChI is InChI=1S/C20H27NO4S.C20H25NO3S.C16H19NO3S.C4H7Br/c22-16-6-4-14-21(15-5-7-17-23)26(24,25)20-12-10-19(11-13-20)18-8-2-1-3-9-18;1-2-3-15-21(16-7-8-17-22)25(23,24)20-13-11-19(12-14-20)18-9-5-4-6-10-18;18-13-5-4-12-17-21(19,20)16-10-8-15(9-11-16)14-6-2-1-3-7-14;1-2-3-4-5/h1-3,8-13,22-23H,4-7,14-17H2;2,4-6,9-14,22H,1,3,7-8,15-17H2;1-3,6-11,17-18H,4-5,12-13H2;2H,1,3-4H2. The van der Waals surface area contributed by atoms with Gasteiger partial charge in [0.1, 0.15) is 0 Å². The van der Waals surface area contributed by atoms with Gasteiger partial charge in [0.2, 0.25) is 30.1 Å². The summed E-state index contributed by atoms with van der Waals surface area (Å²) in [5, 5.41) is 36.5. The molecule has 0 aromatic heterocycles. The van der Waals surface area contributed by atoms with Crippen molar-refractivity contribution in [3.8, 4) is 33.4 Å². The fourth-order valence-electron chi connectivity index (χ4n) is 7.40. The van der Waals surface area contributed by atoms with Crippen LogP contribution in [0.15, 0.2) is 204 Å². The number of nitrogens with zero attached hydrogens (tertiary/aromatic N) is 2. The number of alkyl halides is 1. The topological polar surface area (TPSA) is 202 Å². The first-order valence-corrected chi connectivity index (χ1v) is 31.4. The maximum atomic E-state index is 13.0. The highest BCUT2D eigenvalue weighted by Gasteiger charge is 2.25. The van der Waals surface area contributed by atoms with Crippen molar-refractivity contribution in [2.45, 2.75) is 78.9 Å². The van der Waals surface area contributed by atoms with E-state index in [1.165, 1.54) is 8.61 Å². The minimum absolute atomic E-state index is 0.0519. The summed E-state index contributed by atoms with van der Waals surface area (Å²) in [5.41, 5.74) is 6.08. The van der Waals surface area contributed by atoms with Crippen LogP contribution in [0.1, 0.15) is 64.2 Å². The Morgan fingerprint density at radius 1 is 0.390 bits per heavy atom. The third-order valence-corrected chi connectivity index (χ3v) is 17.5. The van der Waals surface area contributed by atoms with E-state index in [4.69, 9.17) is 20.4 Å². The van der Waals surface area contributed by atoms with Crippen LogP contribution in [0.25, 0.3) is 33.4 Å². The van der Waals surface area contributed by atoms with E-state index in [9.17, 15) is 25.3 Å². The zero-order valence-electron chi connectivity index (χ0n) is 44.0. The lowest BCUT2D eigenvalue weighted by Gasteiger charge is -2.22. The lowest BCUT2D eigenvalue weighted by molar-refractivity contribution is 0.266. The van der Waals surface area contributed by atoms with E-state index in [1.54, 1.807) is 54.6 Å². The molecule has 0 bridgehead atoms. The lowest BCUT2D eigenvalue weighted by atomic mass is 10.1. The van der Waals surface area contributed by atoms with Crippen molar-refractivity contribution in [2.24, 2.45) is 0 Å². The molecule has 418 valence electrons. The molecule has 0 unspecified atom stereocenters. The van der Waals surface area contributed by atoms with E-state index in [-0.39, 0.29) is 36.2 Å². The zero-order valence-corrected chi connectivity index (χ0v) is 48.1. The van der Waals surface area contributed by atoms with Gasteiger partial charge < -0.3 is 20.4 Å². The smallest absolute Gasteiger partial charge is 0.243 e. The predicted molar refractivity (Wildman–Crippen MR) is 317 cm³/mol. The molecule has 6 rings (SSSR count). The minimum Gasteiger partial charge on any atom is -0.396 e. The molecule has 0 atom stereocenters. The van der Waals surface area contributed by atoms with Crippen molar-refractivity contribution in [1.82, 2.24) is 13.3 Å². The Kier molecular flexibility index (Phi) is 32.3. The molecule has 0 saturated carbocycles. The fourth-order valence-corrected chi connectivity index (χ4v) is 11.8. The molecule has 0 fully saturated rings. The molecule has 13 nitrogen and oxygen atoms in total. The van der Waals surface area contributed by atoms with Gasteiger partial charge in [0.15, 0.2) is 0 Å². The SMILES string of the molecule is C=CCCBr.C=CCCN(CCCCO)S(=O)(=O)c1ccc(-c2ccccc2)cc1.O=S(=O)(NCCCCO)c1ccc(-c2ccccc2)cc1.O=S(=O)(c1ccc(-c2ccccc2)cc1)N(CCCCO)CCCCO. The average Bonchev–Trinajstić information content (AvgIpc) is 3.46. The second-order valence-electron chi connectivity index (χ2n) is 17.4. The van der Waals surface area contributed by atoms with Gasteiger partial charge in [-0.2, -0.15) is 8.61 Å². The van der Waals surface area contributed by atoms with Crippen LogP contribution < -0.4 is 4.72 Å². The Morgan fingerprint density at radius 2 is 0.688 bits per heavy atom. The molecule has 0 spiro atoms. The van der Waals surface area contributed by atoms with Gasteiger partial charge in [-0.25, -0.2) is 30.0 Å². The number of sulfonamides is 3. The zero-order chi connectivity index (χ0) is 56.2. The van der Waals surface area contributed by atoms with E-state index in [0.717, 1.165) is 45.1 Å². The highest BCUT2D eigenvalue weighted by molar-refractivity contribution is 9.09. The maximum Gasteiger partial charge on any atom is 0.243 e. The van der Waals surface area contributed by atoms with Gasteiger partial charge in [-0.3, -0.25) is 0 Å². The molecule has 0 radical (unpaired) electrons. The number of unbranched alkanes of at least 4 members (excludes halogenated alkanes) is 4. The summed E-state index contributed by atoms with van der Waals surface area (Å²) in [4.78, 5) is 0.816. The third-order valence-electron chi connectivity index (χ3n) is 11.7. The van der Waals surface area contributed by atoms with Crippen LogP contribution in [-0.2, 0) is 30.1 Å². The first kappa shape index (κ1) is 66.1. The monoisotopic (exact) mass is 1180 g/mol. The summed E-state index contributed by atoms with van der Waals surface area (Å²) in [6.07, 6.45) is 10.1. The molecule has 77 heavy (non-hydrogen) atoms. The summed E-state index contributed by atoms with van der Waals surface area (Å²) in [5.74, 6) is 0. The van der Waals surface area contributed by atoms with Crippen molar-refractivity contribution in [3.05, 3.63) is 189 Å². The van der Waals surface area contributed by atoms with E-state index in [2.05, 4.69) is 33.8 Å². The Hall–Kier alpha value is -5.15. The summed E-state index contributed by atoms with van der Waals surface area (Å²) in [6, 6.07) is 50.2. The Balaban J connectivity index is 0.000000292. The molecule has 0 heterocycles. The molecule has 0 aliphatic carbocycles. The van der Waals surface area contributed by atoms with Crippen LogP contribution in [0.4, 0.5) is 0 Å². The lowest BCUT2D eigenvalue weighted by Crippen LogP contribution is -2.33. The number of rotatable bonds is 30. The van der Waals surface area contributed by atoms with Crippen molar-refractivity contribution in [1.29, 1.82) is 0 Å². The molecule has 0 aliphatic heterocycles. The number of aliphatic hydroxyl groups is 4.